The van der Waals surface area contributed by atoms with Gasteiger partial charge < -0.3 is 9.32 Å². The van der Waals surface area contributed by atoms with Crippen molar-refractivity contribution in [2.45, 2.75) is 5.41 Å². The van der Waals surface area contributed by atoms with Gasteiger partial charge in [0.25, 0.3) is 0 Å². The lowest BCUT2D eigenvalue weighted by atomic mass is 9.66. The van der Waals surface area contributed by atoms with E-state index in [0.717, 1.165) is 39.0 Å². The molecule has 248 valence electrons. The van der Waals surface area contributed by atoms with Crippen LogP contribution in [0.1, 0.15) is 33.4 Å². The van der Waals surface area contributed by atoms with E-state index in [4.69, 9.17) is 4.42 Å². The molecule has 0 saturated carbocycles. The zero-order chi connectivity index (χ0) is 34.9. The lowest BCUT2D eigenvalue weighted by Crippen LogP contribution is -2.30. The Kier molecular flexibility index (Phi) is 6.50. The highest BCUT2D eigenvalue weighted by Crippen LogP contribution is 2.59. The van der Waals surface area contributed by atoms with E-state index in [-0.39, 0.29) is 0 Å². The van der Waals surface area contributed by atoms with Crippen molar-refractivity contribution in [1.82, 2.24) is 0 Å². The summed E-state index contributed by atoms with van der Waals surface area (Å²) in [7, 11) is 0. The van der Waals surface area contributed by atoms with Crippen LogP contribution in [0.2, 0.25) is 0 Å². The first-order valence-electron chi connectivity index (χ1n) is 18.3. The van der Waals surface area contributed by atoms with E-state index in [0.29, 0.717) is 0 Å². The summed E-state index contributed by atoms with van der Waals surface area (Å²) >= 11 is 0. The summed E-state index contributed by atoms with van der Waals surface area (Å²) in [5, 5.41) is 2.22. The van der Waals surface area contributed by atoms with Crippen LogP contribution < -0.4 is 4.90 Å². The van der Waals surface area contributed by atoms with Gasteiger partial charge in [0, 0.05) is 22.1 Å². The van der Waals surface area contributed by atoms with Crippen LogP contribution in [-0.2, 0) is 5.41 Å². The first-order chi connectivity index (χ1) is 26.3. The Balaban J connectivity index is 1.20. The first kappa shape index (κ1) is 29.8. The number of anilines is 3. The van der Waals surface area contributed by atoms with Gasteiger partial charge >= 0.3 is 0 Å². The molecule has 0 saturated heterocycles. The molecule has 0 unspecified atom stereocenters. The fourth-order valence-electron chi connectivity index (χ4n) is 9.05. The average molecular weight is 676 g/mol. The van der Waals surface area contributed by atoms with Crippen molar-refractivity contribution < 1.29 is 4.42 Å². The smallest absolute Gasteiger partial charge is 0.159 e. The highest BCUT2D eigenvalue weighted by Gasteiger charge is 2.48. The van der Waals surface area contributed by atoms with E-state index in [1.54, 1.807) is 0 Å². The number of hydrogen-bond donors (Lipinski definition) is 0. The number of furan rings is 1. The molecular weight excluding hydrogens is 643 g/mol. The SMILES string of the molecule is C1=Cc2ccccc2C2(c3ccccc31)c1ccccc1-c1ccc(N(c3ccc(-c4ccccc4)cc3)c3cccc4c3oc3ccccc34)cc12. The lowest BCUT2D eigenvalue weighted by Gasteiger charge is -2.36. The molecule has 0 aliphatic heterocycles. The van der Waals surface area contributed by atoms with Gasteiger partial charge in [0.15, 0.2) is 5.58 Å². The average Bonchev–Trinajstić information content (AvgIpc) is 3.70. The fraction of sp³-hybridized carbons (Fsp3) is 0.0196. The second kappa shape index (κ2) is 11.6. The molecular formula is C51H33NO. The van der Waals surface area contributed by atoms with Crippen molar-refractivity contribution in [2.24, 2.45) is 0 Å². The standard InChI is InChI=1S/C51H33NO/c1-2-13-34(14-3-1)35-27-29-38(30-28-35)52(48-23-12-19-43-42-18-7-11-24-49(42)53-50(43)48)39-31-32-41-40-17-6-10-22-46(40)51(47(41)33-39)44-20-8-4-15-36(44)25-26-37-16-5-9-21-45(37)51/h1-33H. The summed E-state index contributed by atoms with van der Waals surface area (Å²) in [6.45, 7) is 0. The van der Waals surface area contributed by atoms with E-state index in [1.165, 1.54) is 55.6 Å². The minimum atomic E-state index is -0.521. The summed E-state index contributed by atoms with van der Waals surface area (Å²) in [4.78, 5) is 2.38. The van der Waals surface area contributed by atoms with Crippen molar-refractivity contribution >= 4 is 51.2 Å². The predicted octanol–water partition coefficient (Wildman–Crippen LogP) is 13.6. The van der Waals surface area contributed by atoms with Crippen LogP contribution >= 0.6 is 0 Å². The van der Waals surface area contributed by atoms with Gasteiger partial charge in [-0.3, -0.25) is 0 Å². The first-order valence-corrected chi connectivity index (χ1v) is 18.3. The van der Waals surface area contributed by atoms with Crippen molar-refractivity contribution in [3.8, 4) is 22.3 Å². The minimum absolute atomic E-state index is 0.521. The third kappa shape index (κ3) is 4.33. The predicted molar refractivity (Wildman–Crippen MR) is 220 cm³/mol. The molecule has 53 heavy (non-hydrogen) atoms. The molecule has 0 N–H and O–H groups in total. The molecule has 1 aromatic heterocycles. The van der Waals surface area contributed by atoms with Gasteiger partial charge in [-0.2, -0.15) is 0 Å². The summed E-state index contributed by atoms with van der Waals surface area (Å²) in [5.74, 6) is 0. The Bertz CT molecular complexity index is 2850. The number of para-hydroxylation sites is 2. The van der Waals surface area contributed by atoms with Crippen LogP contribution in [0.5, 0.6) is 0 Å². The topological polar surface area (TPSA) is 16.4 Å². The number of nitrogens with zero attached hydrogens (tertiary/aromatic N) is 1. The highest BCUT2D eigenvalue weighted by atomic mass is 16.3. The Morgan fingerprint density at radius 1 is 0.396 bits per heavy atom. The normalized spacial score (nSPS) is 13.4. The third-order valence-corrected chi connectivity index (χ3v) is 11.3. The van der Waals surface area contributed by atoms with Crippen LogP contribution in [0.25, 0.3) is 56.3 Å². The molecule has 0 atom stereocenters. The minimum Gasteiger partial charge on any atom is -0.454 e. The summed E-state index contributed by atoms with van der Waals surface area (Å²) in [6, 6.07) is 68.3. The molecule has 0 amide bonds. The Morgan fingerprint density at radius 2 is 0.981 bits per heavy atom. The molecule has 2 nitrogen and oxygen atoms in total. The van der Waals surface area contributed by atoms with Gasteiger partial charge in [0.1, 0.15) is 5.58 Å². The molecule has 0 fully saturated rings. The Hall–Kier alpha value is -6.90. The van der Waals surface area contributed by atoms with Crippen molar-refractivity contribution in [1.29, 1.82) is 0 Å². The van der Waals surface area contributed by atoms with Gasteiger partial charge in [-0.05, 0) is 92.0 Å². The number of rotatable bonds is 4. The third-order valence-electron chi connectivity index (χ3n) is 11.3. The van der Waals surface area contributed by atoms with Gasteiger partial charge in [-0.25, -0.2) is 0 Å². The zero-order valence-electron chi connectivity index (χ0n) is 28.9. The molecule has 9 aromatic rings. The van der Waals surface area contributed by atoms with E-state index >= 15 is 0 Å². The molecule has 0 bridgehead atoms. The quantitative estimate of drug-likeness (QED) is 0.185. The van der Waals surface area contributed by atoms with Gasteiger partial charge in [-0.1, -0.05) is 164 Å². The Labute approximate surface area is 308 Å². The fourth-order valence-corrected chi connectivity index (χ4v) is 9.05. The lowest BCUT2D eigenvalue weighted by molar-refractivity contribution is 0.669. The van der Waals surface area contributed by atoms with Gasteiger partial charge in [0.2, 0.25) is 0 Å². The summed E-state index contributed by atoms with van der Waals surface area (Å²) in [5.41, 5.74) is 16.9. The van der Waals surface area contributed by atoms with Crippen LogP contribution in [-0.4, -0.2) is 0 Å². The van der Waals surface area contributed by atoms with Crippen LogP contribution in [0.15, 0.2) is 192 Å². The van der Waals surface area contributed by atoms with Crippen molar-refractivity contribution in [3.63, 3.8) is 0 Å². The molecule has 1 heterocycles. The molecule has 1 spiro atoms. The van der Waals surface area contributed by atoms with E-state index < -0.39 is 5.41 Å². The van der Waals surface area contributed by atoms with Crippen LogP contribution in [0.3, 0.4) is 0 Å². The molecule has 2 aliphatic carbocycles. The van der Waals surface area contributed by atoms with Crippen molar-refractivity contribution in [2.75, 3.05) is 4.90 Å². The van der Waals surface area contributed by atoms with E-state index in [1.807, 2.05) is 6.07 Å². The maximum Gasteiger partial charge on any atom is 0.159 e. The monoisotopic (exact) mass is 675 g/mol. The molecule has 2 heteroatoms. The Morgan fingerprint density at radius 3 is 1.75 bits per heavy atom. The van der Waals surface area contributed by atoms with Gasteiger partial charge in [0.05, 0.1) is 11.1 Å². The van der Waals surface area contributed by atoms with Crippen molar-refractivity contribution in [3.05, 3.63) is 221 Å². The molecule has 11 rings (SSSR count). The maximum absolute atomic E-state index is 6.71. The van der Waals surface area contributed by atoms with Crippen LogP contribution in [0, 0.1) is 0 Å². The number of fused-ring (bicyclic) bond motifs is 12. The molecule has 8 aromatic carbocycles. The molecule has 0 radical (unpaired) electrons. The van der Waals surface area contributed by atoms with E-state index in [9.17, 15) is 0 Å². The summed E-state index contributed by atoms with van der Waals surface area (Å²) < 4.78 is 6.71. The largest absolute Gasteiger partial charge is 0.454 e. The number of benzene rings is 8. The van der Waals surface area contributed by atoms with Crippen LogP contribution in [0.4, 0.5) is 17.1 Å². The van der Waals surface area contributed by atoms with E-state index in [2.05, 4.69) is 199 Å². The summed E-state index contributed by atoms with van der Waals surface area (Å²) in [6.07, 6.45) is 4.58. The number of hydrogen-bond acceptors (Lipinski definition) is 2. The second-order valence-electron chi connectivity index (χ2n) is 14.0. The zero-order valence-corrected chi connectivity index (χ0v) is 28.9. The van der Waals surface area contributed by atoms with Gasteiger partial charge in [-0.15, -0.1) is 0 Å². The second-order valence-corrected chi connectivity index (χ2v) is 14.0. The highest BCUT2D eigenvalue weighted by molar-refractivity contribution is 6.10. The molecule has 2 aliphatic rings. The maximum atomic E-state index is 6.71.